The number of fused-ring (bicyclic) bond motifs is 2. The standard InChI is InChI=1S/C25H21N3O2/c1-17-9-11-19(12-10-17)25(13-16-30-21-8-4-15-27-23(21)25)28-24(29)20-7-2-5-18-6-3-14-26-22(18)20/h2-12,14-15H,13,16H2,1H3,(H,28,29)/t25-/m0/s1. The van der Waals surface area contributed by atoms with E-state index in [2.05, 4.69) is 39.6 Å². The third-order valence-electron chi connectivity index (χ3n) is 5.66. The number of para-hydroxylation sites is 1. The molecule has 0 fully saturated rings. The summed E-state index contributed by atoms with van der Waals surface area (Å²) in [7, 11) is 0. The van der Waals surface area contributed by atoms with E-state index in [1.807, 2.05) is 49.4 Å². The molecule has 0 saturated carbocycles. The summed E-state index contributed by atoms with van der Waals surface area (Å²) in [5, 5.41) is 4.24. The molecular formula is C25H21N3O2. The largest absolute Gasteiger partial charge is 0.491 e. The van der Waals surface area contributed by atoms with E-state index >= 15 is 0 Å². The normalized spacial score (nSPS) is 17.8. The molecule has 30 heavy (non-hydrogen) atoms. The van der Waals surface area contributed by atoms with E-state index in [9.17, 15) is 4.79 Å². The second kappa shape index (κ2) is 7.26. The number of hydrogen-bond acceptors (Lipinski definition) is 4. The number of rotatable bonds is 3. The number of carbonyl (C=O) groups is 1. The van der Waals surface area contributed by atoms with Gasteiger partial charge >= 0.3 is 0 Å². The molecule has 5 nitrogen and oxygen atoms in total. The first-order valence-corrected chi connectivity index (χ1v) is 9.99. The zero-order valence-corrected chi connectivity index (χ0v) is 16.6. The lowest BCUT2D eigenvalue weighted by Crippen LogP contribution is -2.50. The van der Waals surface area contributed by atoms with Crippen molar-refractivity contribution in [2.45, 2.75) is 18.9 Å². The van der Waals surface area contributed by atoms with Gasteiger partial charge in [0.2, 0.25) is 0 Å². The molecule has 4 aromatic rings. The molecule has 1 atom stereocenters. The van der Waals surface area contributed by atoms with Crippen LogP contribution in [0.5, 0.6) is 5.75 Å². The van der Waals surface area contributed by atoms with Gasteiger partial charge in [-0.1, -0.05) is 48.0 Å². The highest BCUT2D eigenvalue weighted by Crippen LogP contribution is 2.40. The van der Waals surface area contributed by atoms with Gasteiger partial charge in [0.15, 0.2) is 0 Å². The van der Waals surface area contributed by atoms with Gasteiger partial charge in [-0.2, -0.15) is 0 Å². The van der Waals surface area contributed by atoms with Crippen molar-refractivity contribution in [2.24, 2.45) is 0 Å². The number of aromatic nitrogens is 2. The Morgan fingerprint density at radius 3 is 2.60 bits per heavy atom. The topological polar surface area (TPSA) is 64.1 Å². The molecule has 2 aromatic heterocycles. The molecule has 1 amide bonds. The monoisotopic (exact) mass is 395 g/mol. The van der Waals surface area contributed by atoms with Crippen LogP contribution < -0.4 is 10.1 Å². The average molecular weight is 395 g/mol. The van der Waals surface area contributed by atoms with Crippen LogP contribution in [-0.4, -0.2) is 22.5 Å². The molecule has 0 spiro atoms. The van der Waals surface area contributed by atoms with Crippen LogP contribution in [-0.2, 0) is 5.54 Å². The molecule has 0 saturated heterocycles. The number of ether oxygens (including phenoxy) is 1. The number of nitrogens with one attached hydrogen (secondary N) is 1. The zero-order chi connectivity index (χ0) is 20.6. The molecule has 0 radical (unpaired) electrons. The van der Waals surface area contributed by atoms with Gasteiger partial charge in [-0.3, -0.25) is 14.8 Å². The van der Waals surface area contributed by atoms with Gasteiger partial charge in [-0.15, -0.1) is 0 Å². The van der Waals surface area contributed by atoms with Gasteiger partial charge < -0.3 is 10.1 Å². The van der Waals surface area contributed by atoms with Gasteiger partial charge in [-0.05, 0) is 36.8 Å². The lowest BCUT2D eigenvalue weighted by Gasteiger charge is -2.39. The van der Waals surface area contributed by atoms with E-state index in [-0.39, 0.29) is 5.91 Å². The minimum atomic E-state index is -0.781. The number of nitrogens with zero attached hydrogens (tertiary/aromatic N) is 2. The third kappa shape index (κ3) is 2.99. The predicted molar refractivity (Wildman–Crippen MR) is 116 cm³/mol. The second-order valence-corrected chi connectivity index (χ2v) is 7.55. The predicted octanol–water partition coefficient (Wildman–Crippen LogP) is 4.39. The van der Waals surface area contributed by atoms with Crippen LogP contribution in [0.1, 0.15) is 33.6 Å². The molecule has 0 unspecified atom stereocenters. The highest BCUT2D eigenvalue weighted by atomic mass is 16.5. The minimum Gasteiger partial charge on any atom is -0.491 e. The smallest absolute Gasteiger partial charge is 0.254 e. The van der Waals surface area contributed by atoms with E-state index in [0.717, 1.165) is 22.2 Å². The first kappa shape index (κ1) is 18.3. The Labute approximate surface area is 174 Å². The van der Waals surface area contributed by atoms with Crippen LogP contribution in [0.15, 0.2) is 79.1 Å². The number of aryl methyl sites for hydroxylation is 1. The van der Waals surface area contributed by atoms with Crippen LogP contribution in [0.3, 0.4) is 0 Å². The van der Waals surface area contributed by atoms with Crippen molar-refractivity contribution >= 4 is 16.8 Å². The Kier molecular flexibility index (Phi) is 4.43. The van der Waals surface area contributed by atoms with E-state index in [1.165, 1.54) is 0 Å². The van der Waals surface area contributed by atoms with Gasteiger partial charge in [0.25, 0.3) is 5.91 Å². The van der Waals surface area contributed by atoms with Crippen molar-refractivity contribution in [1.82, 2.24) is 15.3 Å². The van der Waals surface area contributed by atoms with Crippen molar-refractivity contribution < 1.29 is 9.53 Å². The van der Waals surface area contributed by atoms with Crippen molar-refractivity contribution in [3.63, 3.8) is 0 Å². The Morgan fingerprint density at radius 2 is 1.73 bits per heavy atom. The fraction of sp³-hybridized carbons (Fsp3) is 0.160. The number of carbonyl (C=O) groups excluding carboxylic acids is 1. The third-order valence-corrected chi connectivity index (χ3v) is 5.66. The van der Waals surface area contributed by atoms with Gasteiger partial charge in [-0.25, -0.2) is 0 Å². The first-order valence-electron chi connectivity index (χ1n) is 9.99. The summed E-state index contributed by atoms with van der Waals surface area (Å²) in [6.07, 6.45) is 4.03. The van der Waals surface area contributed by atoms with E-state index in [0.29, 0.717) is 29.9 Å². The summed E-state index contributed by atoms with van der Waals surface area (Å²) in [4.78, 5) is 22.6. The molecule has 5 rings (SSSR count). The quantitative estimate of drug-likeness (QED) is 0.559. The lowest BCUT2D eigenvalue weighted by molar-refractivity contribution is 0.0885. The number of hydrogen-bond donors (Lipinski definition) is 1. The second-order valence-electron chi connectivity index (χ2n) is 7.55. The van der Waals surface area contributed by atoms with Crippen molar-refractivity contribution in [2.75, 3.05) is 6.61 Å². The summed E-state index contributed by atoms with van der Waals surface area (Å²) in [6, 6.07) is 21.5. The molecule has 2 aromatic carbocycles. The van der Waals surface area contributed by atoms with E-state index in [4.69, 9.17) is 4.74 Å². The Bertz CT molecular complexity index is 1230. The highest BCUT2D eigenvalue weighted by Gasteiger charge is 2.42. The summed E-state index contributed by atoms with van der Waals surface area (Å²) in [5.74, 6) is 0.513. The highest BCUT2D eigenvalue weighted by molar-refractivity contribution is 6.05. The van der Waals surface area contributed by atoms with Crippen molar-refractivity contribution in [3.8, 4) is 5.75 Å². The minimum absolute atomic E-state index is 0.182. The molecule has 5 heteroatoms. The fourth-order valence-corrected chi connectivity index (χ4v) is 4.12. The maximum Gasteiger partial charge on any atom is 0.254 e. The van der Waals surface area contributed by atoms with E-state index < -0.39 is 5.54 Å². The summed E-state index contributed by atoms with van der Waals surface area (Å²) >= 11 is 0. The lowest BCUT2D eigenvalue weighted by atomic mass is 9.81. The Hall–Kier alpha value is -3.73. The van der Waals surface area contributed by atoms with Crippen molar-refractivity contribution in [3.05, 3.63) is 102 Å². The Morgan fingerprint density at radius 1 is 0.967 bits per heavy atom. The molecule has 1 aliphatic heterocycles. The first-order chi connectivity index (χ1) is 14.7. The summed E-state index contributed by atoms with van der Waals surface area (Å²) < 4.78 is 5.86. The molecule has 0 aliphatic carbocycles. The molecular weight excluding hydrogens is 374 g/mol. The molecule has 3 heterocycles. The number of amides is 1. The summed E-state index contributed by atoms with van der Waals surface area (Å²) in [6.45, 7) is 2.54. The molecule has 1 N–H and O–H groups in total. The Balaban J connectivity index is 1.65. The van der Waals surface area contributed by atoms with Crippen LogP contribution in [0.4, 0.5) is 0 Å². The van der Waals surface area contributed by atoms with Gasteiger partial charge in [0, 0.05) is 24.2 Å². The summed E-state index contributed by atoms with van der Waals surface area (Å²) in [5.41, 5.74) is 3.32. The number of benzene rings is 2. The zero-order valence-electron chi connectivity index (χ0n) is 16.6. The van der Waals surface area contributed by atoms with Crippen LogP contribution >= 0.6 is 0 Å². The number of pyridine rings is 2. The fourth-order valence-electron chi connectivity index (χ4n) is 4.12. The van der Waals surface area contributed by atoms with Crippen LogP contribution in [0.25, 0.3) is 10.9 Å². The van der Waals surface area contributed by atoms with Crippen LogP contribution in [0, 0.1) is 6.92 Å². The average Bonchev–Trinajstić information content (AvgIpc) is 2.79. The maximum absolute atomic E-state index is 13.6. The molecule has 148 valence electrons. The van der Waals surface area contributed by atoms with Crippen LogP contribution in [0.2, 0.25) is 0 Å². The van der Waals surface area contributed by atoms with Gasteiger partial charge in [0.05, 0.1) is 17.7 Å². The molecule has 0 bridgehead atoms. The van der Waals surface area contributed by atoms with Crippen molar-refractivity contribution in [1.29, 1.82) is 0 Å². The maximum atomic E-state index is 13.6. The van der Waals surface area contributed by atoms with E-state index in [1.54, 1.807) is 12.4 Å². The van der Waals surface area contributed by atoms with Gasteiger partial charge in [0.1, 0.15) is 17.0 Å². The molecule has 1 aliphatic rings. The SMILES string of the molecule is Cc1ccc([C@@]2(NC(=O)c3cccc4cccnc34)CCOc3cccnc32)cc1.